The molecule has 0 aliphatic carbocycles. The number of carbonyl (C=O) groups excluding carboxylic acids is 1. The van der Waals surface area contributed by atoms with Crippen molar-refractivity contribution in [2.45, 2.75) is 32.1 Å². The van der Waals surface area contributed by atoms with E-state index in [1.165, 1.54) is 0 Å². The summed E-state index contributed by atoms with van der Waals surface area (Å²) in [4.78, 5) is 11.9. The van der Waals surface area contributed by atoms with Crippen LogP contribution in [0.2, 0.25) is 0 Å². The quantitative estimate of drug-likeness (QED) is 0.788. The Morgan fingerprint density at radius 2 is 2.00 bits per heavy atom. The van der Waals surface area contributed by atoms with Crippen molar-refractivity contribution in [3.63, 3.8) is 0 Å². The second-order valence-electron chi connectivity index (χ2n) is 5.44. The van der Waals surface area contributed by atoms with Gasteiger partial charge in [0.1, 0.15) is 11.5 Å². The lowest BCUT2D eigenvalue weighted by Gasteiger charge is -2.17. The van der Waals surface area contributed by atoms with Gasteiger partial charge in [-0.3, -0.25) is 4.79 Å². The summed E-state index contributed by atoms with van der Waals surface area (Å²) in [5.74, 6) is 1.85. The molecule has 0 bridgehead atoms. The fourth-order valence-electron chi connectivity index (χ4n) is 2.45. The third kappa shape index (κ3) is 5.04. The number of carbonyl (C=O) groups is 1. The second kappa shape index (κ2) is 8.39. The predicted octanol–water partition coefficient (Wildman–Crippen LogP) is 2.80. The molecule has 4 heteroatoms. The molecule has 0 spiro atoms. The van der Waals surface area contributed by atoms with Crippen molar-refractivity contribution in [1.82, 2.24) is 5.32 Å². The van der Waals surface area contributed by atoms with Gasteiger partial charge in [0.15, 0.2) is 0 Å². The zero-order chi connectivity index (χ0) is 15.8. The molecule has 2 N–H and O–H groups in total. The first-order valence-corrected chi connectivity index (χ1v) is 7.67. The fraction of sp³-hybridized carbons (Fsp3) is 0.389. The maximum absolute atomic E-state index is 11.9. The SMILES string of the molecule is Cc1ccc(CCC(=O)NCC(CCO)c2ccccc2)o1. The molecule has 2 aromatic rings. The molecule has 0 fully saturated rings. The normalized spacial score (nSPS) is 12.1. The minimum absolute atomic E-state index is 0.00734. The summed E-state index contributed by atoms with van der Waals surface area (Å²) < 4.78 is 5.45. The van der Waals surface area contributed by atoms with Crippen molar-refractivity contribution in [3.05, 3.63) is 59.5 Å². The van der Waals surface area contributed by atoms with E-state index in [1.807, 2.05) is 49.4 Å². The van der Waals surface area contributed by atoms with Crippen LogP contribution in [0, 0.1) is 6.92 Å². The summed E-state index contributed by atoms with van der Waals surface area (Å²) in [5, 5.41) is 12.1. The Balaban J connectivity index is 1.80. The maximum Gasteiger partial charge on any atom is 0.220 e. The van der Waals surface area contributed by atoms with Gasteiger partial charge >= 0.3 is 0 Å². The Morgan fingerprint density at radius 3 is 2.64 bits per heavy atom. The lowest BCUT2D eigenvalue weighted by molar-refractivity contribution is -0.121. The summed E-state index contributed by atoms with van der Waals surface area (Å²) in [6.07, 6.45) is 1.66. The molecule has 2 rings (SSSR count). The summed E-state index contributed by atoms with van der Waals surface area (Å²) in [7, 11) is 0. The number of hydrogen-bond donors (Lipinski definition) is 2. The second-order valence-corrected chi connectivity index (χ2v) is 5.44. The average molecular weight is 301 g/mol. The van der Waals surface area contributed by atoms with Crippen molar-refractivity contribution in [2.24, 2.45) is 0 Å². The first-order chi connectivity index (χ1) is 10.7. The van der Waals surface area contributed by atoms with Gasteiger partial charge in [0.05, 0.1) is 0 Å². The molecule has 4 nitrogen and oxygen atoms in total. The van der Waals surface area contributed by atoms with Gasteiger partial charge in [-0.2, -0.15) is 0 Å². The molecule has 1 unspecified atom stereocenters. The average Bonchev–Trinajstić information content (AvgIpc) is 2.96. The van der Waals surface area contributed by atoms with E-state index in [0.29, 0.717) is 25.8 Å². The predicted molar refractivity (Wildman–Crippen MR) is 85.7 cm³/mol. The third-order valence-electron chi connectivity index (χ3n) is 3.69. The van der Waals surface area contributed by atoms with Crippen molar-refractivity contribution >= 4 is 5.91 Å². The number of amides is 1. The minimum atomic E-state index is 0.00734. The van der Waals surface area contributed by atoms with Crippen LogP contribution in [-0.4, -0.2) is 24.2 Å². The van der Waals surface area contributed by atoms with Crippen molar-refractivity contribution in [3.8, 4) is 0 Å². The summed E-state index contributed by atoms with van der Waals surface area (Å²) >= 11 is 0. The topological polar surface area (TPSA) is 62.5 Å². The molecular formula is C18H23NO3. The number of aryl methyl sites for hydroxylation is 2. The highest BCUT2D eigenvalue weighted by atomic mass is 16.3. The standard InChI is InChI=1S/C18H23NO3/c1-14-7-8-17(22-14)9-10-18(21)19-13-16(11-12-20)15-5-3-2-4-6-15/h2-8,16,20H,9-13H2,1H3,(H,19,21). The molecule has 1 aromatic heterocycles. The Morgan fingerprint density at radius 1 is 1.23 bits per heavy atom. The van der Waals surface area contributed by atoms with Gasteiger partial charge in [0.2, 0.25) is 5.91 Å². The lowest BCUT2D eigenvalue weighted by atomic mass is 9.96. The molecule has 1 heterocycles. The third-order valence-corrected chi connectivity index (χ3v) is 3.69. The highest BCUT2D eigenvalue weighted by molar-refractivity contribution is 5.76. The molecule has 22 heavy (non-hydrogen) atoms. The Labute approximate surface area is 131 Å². The molecule has 0 saturated carbocycles. The number of nitrogens with one attached hydrogen (secondary N) is 1. The van der Waals surface area contributed by atoms with Gasteiger partial charge in [-0.15, -0.1) is 0 Å². The van der Waals surface area contributed by atoms with Crippen LogP contribution in [0.25, 0.3) is 0 Å². The van der Waals surface area contributed by atoms with E-state index in [2.05, 4.69) is 5.32 Å². The summed E-state index contributed by atoms with van der Waals surface area (Å²) in [5.41, 5.74) is 1.14. The van der Waals surface area contributed by atoms with E-state index >= 15 is 0 Å². The fourth-order valence-corrected chi connectivity index (χ4v) is 2.45. The Bertz CT molecular complexity index is 577. The zero-order valence-corrected chi connectivity index (χ0v) is 12.9. The lowest BCUT2D eigenvalue weighted by Crippen LogP contribution is -2.29. The number of hydrogen-bond acceptors (Lipinski definition) is 3. The smallest absolute Gasteiger partial charge is 0.220 e. The number of aliphatic hydroxyl groups excluding tert-OH is 1. The first-order valence-electron chi connectivity index (χ1n) is 7.67. The van der Waals surface area contributed by atoms with Crippen LogP contribution in [0.1, 0.15) is 35.8 Å². The van der Waals surface area contributed by atoms with Crippen LogP contribution in [0.15, 0.2) is 46.9 Å². The number of aliphatic hydroxyl groups is 1. The van der Waals surface area contributed by atoms with Crippen molar-refractivity contribution in [2.75, 3.05) is 13.2 Å². The van der Waals surface area contributed by atoms with Gasteiger partial charge in [-0.1, -0.05) is 30.3 Å². The minimum Gasteiger partial charge on any atom is -0.466 e. The van der Waals surface area contributed by atoms with Gasteiger partial charge < -0.3 is 14.8 Å². The van der Waals surface area contributed by atoms with Crippen LogP contribution in [0.5, 0.6) is 0 Å². The van der Waals surface area contributed by atoms with E-state index in [4.69, 9.17) is 4.42 Å². The van der Waals surface area contributed by atoms with Crippen molar-refractivity contribution < 1.29 is 14.3 Å². The van der Waals surface area contributed by atoms with E-state index in [-0.39, 0.29) is 18.4 Å². The highest BCUT2D eigenvalue weighted by Crippen LogP contribution is 2.18. The van der Waals surface area contributed by atoms with Crippen LogP contribution in [0.3, 0.4) is 0 Å². The number of benzene rings is 1. The Kier molecular flexibility index (Phi) is 6.22. The molecule has 1 atom stereocenters. The highest BCUT2D eigenvalue weighted by Gasteiger charge is 2.12. The molecule has 118 valence electrons. The van der Waals surface area contributed by atoms with E-state index in [1.54, 1.807) is 0 Å². The largest absolute Gasteiger partial charge is 0.466 e. The van der Waals surface area contributed by atoms with E-state index in [0.717, 1.165) is 17.1 Å². The number of furan rings is 1. The molecule has 0 aliphatic heterocycles. The van der Waals surface area contributed by atoms with Crippen LogP contribution in [-0.2, 0) is 11.2 Å². The monoisotopic (exact) mass is 301 g/mol. The van der Waals surface area contributed by atoms with E-state index in [9.17, 15) is 9.90 Å². The molecule has 1 aromatic carbocycles. The van der Waals surface area contributed by atoms with Gasteiger partial charge in [-0.05, 0) is 31.0 Å². The van der Waals surface area contributed by atoms with Crippen molar-refractivity contribution in [1.29, 1.82) is 0 Å². The molecule has 0 saturated heterocycles. The number of rotatable bonds is 8. The summed E-state index contributed by atoms with van der Waals surface area (Å²) in [6.45, 7) is 2.55. The van der Waals surface area contributed by atoms with E-state index < -0.39 is 0 Å². The maximum atomic E-state index is 11.9. The molecule has 0 radical (unpaired) electrons. The summed E-state index contributed by atoms with van der Waals surface area (Å²) in [6, 6.07) is 13.8. The molecular weight excluding hydrogens is 278 g/mol. The molecule has 0 aliphatic rings. The van der Waals surface area contributed by atoms with Gasteiger partial charge in [-0.25, -0.2) is 0 Å². The van der Waals surface area contributed by atoms with Crippen LogP contribution in [0.4, 0.5) is 0 Å². The van der Waals surface area contributed by atoms with Crippen LogP contribution >= 0.6 is 0 Å². The molecule has 1 amide bonds. The Hall–Kier alpha value is -2.07. The van der Waals surface area contributed by atoms with Gasteiger partial charge in [0, 0.05) is 31.9 Å². The van der Waals surface area contributed by atoms with Crippen LogP contribution < -0.4 is 5.32 Å². The first kappa shape index (κ1) is 16.3. The van der Waals surface area contributed by atoms with Gasteiger partial charge in [0.25, 0.3) is 0 Å². The zero-order valence-electron chi connectivity index (χ0n) is 12.9.